The van der Waals surface area contributed by atoms with E-state index in [0.29, 0.717) is 41.1 Å². The molecule has 0 aliphatic rings. The van der Waals surface area contributed by atoms with Gasteiger partial charge in [0.2, 0.25) is 5.91 Å². The summed E-state index contributed by atoms with van der Waals surface area (Å²) in [6, 6.07) is 2.60. The van der Waals surface area contributed by atoms with Crippen LogP contribution in [-0.4, -0.2) is 32.3 Å². The standard InChI is InChI=1S/C14H20Cl2N2O3.ClH/c1-3-4-12(17)14(19)18-9-7-10(15)13(11(16)8-9)21-6-5-20-2;/h7-8,12H,3-6,17H2,1-2H3,(H,18,19);1H. The summed E-state index contributed by atoms with van der Waals surface area (Å²) in [6.45, 7) is 2.73. The minimum atomic E-state index is -0.551. The smallest absolute Gasteiger partial charge is 0.241 e. The van der Waals surface area contributed by atoms with Crippen molar-refractivity contribution in [3.8, 4) is 5.75 Å². The first-order chi connectivity index (χ1) is 9.99. The highest BCUT2D eigenvalue weighted by Crippen LogP contribution is 2.36. The quantitative estimate of drug-likeness (QED) is 0.686. The summed E-state index contributed by atoms with van der Waals surface area (Å²) in [5, 5.41) is 3.32. The Labute approximate surface area is 146 Å². The number of ether oxygens (including phenoxy) is 2. The van der Waals surface area contributed by atoms with E-state index in [1.165, 1.54) is 0 Å². The van der Waals surface area contributed by atoms with Crippen LogP contribution in [0.5, 0.6) is 5.75 Å². The molecule has 0 spiro atoms. The van der Waals surface area contributed by atoms with Crippen LogP contribution >= 0.6 is 35.6 Å². The number of anilines is 1. The Morgan fingerprint density at radius 1 is 1.32 bits per heavy atom. The van der Waals surface area contributed by atoms with E-state index in [2.05, 4.69) is 5.32 Å². The van der Waals surface area contributed by atoms with E-state index in [-0.39, 0.29) is 18.3 Å². The number of hydrogen-bond donors (Lipinski definition) is 2. The highest BCUT2D eigenvalue weighted by Gasteiger charge is 2.15. The van der Waals surface area contributed by atoms with Gasteiger partial charge in [-0.1, -0.05) is 36.5 Å². The lowest BCUT2D eigenvalue weighted by Gasteiger charge is -2.14. The maximum Gasteiger partial charge on any atom is 0.241 e. The van der Waals surface area contributed by atoms with Gasteiger partial charge in [-0.2, -0.15) is 0 Å². The fourth-order valence-corrected chi connectivity index (χ4v) is 2.27. The molecule has 1 aromatic carbocycles. The molecule has 0 aromatic heterocycles. The predicted molar refractivity (Wildman–Crippen MR) is 92.6 cm³/mol. The van der Waals surface area contributed by atoms with Crippen LogP contribution in [0.15, 0.2) is 12.1 Å². The Balaban J connectivity index is 0.00000441. The van der Waals surface area contributed by atoms with Crippen molar-refractivity contribution in [2.75, 3.05) is 25.6 Å². The first-order valence-electron chi connectivity index (χ1n) is 6.66. The molecule has 0 aliphatic heterocycles. The highest BCUT2D eigenvalue weighted by molar-refractivity contribution is 6.37. The zero-order chi connectivity index (χ0) is 15.8. The number of methoxy groups -OCH3 is 1. The average molecular weight is 372 g/mol. The van der Waals surface area contributed by atoms with Crippen LogP contribution in [0.2, 0.25) is 10.0 Å². The summed E-state index contributed by atoms with van der Waals surface area (Å²) in [6.07, 6.45) is 1.45. The van der Waals surface area contributed by atoms with Crippen LogP contribution in [0.3, 0.4) is 0 Å². The van der Waals surface area contributed by atoms with Crippen molar-refractivity contribution >= 4 is 47.2 Å². The van der Waals surface area contributed by atoms with Gasteiger partial charge in [0.05, 0.1) is 22.7 Å². The van der Waals surface area contributed by atoms with Crippen molar-refractivity contribution in [1.29, 1.82) is 0 Å². The SMILES string of the molecule is CCCC(N)C(=O)Nc1cc(Cl)c(OCCOC)c(Cl)c1.Cl. The summed E-state index contributed by atoms with van der Waals surface area (Å²) >= 11 is 12.2. The zero-order valence-corrected chi connectivity index (χ0v) is 14.9. The van der Waals surface area contributed by atoms with Crippen LogP contribution in [0, 0.1) is 0 Å². The molecule has 5 nitrogen and oxygen atoms in total. The van der Waals surface area contributed by atoms with Crippen LogP contribution in [-0.2, 0) is 9.53 Å². The Morgan fingerprint density at radius 2 is 1.91 bits per heavy atom. The van der Waals surface area contributed by atoms with Gasteiger partial charge in [0.25, 0.3) is 0 Å². The minimum absolute atomic E-state index is 0. The predicted octanol–water partition coefficient (Wildman–Crippen LogP) is 3.51. The summed E-state index contributed by atoms with van der Waals surface area (Å²) < 4.78 is 10.3. The number of nitrogens with two attached hydrogens (primary N) is 1. The first-order valence-corrected chi connectivity index (χ1v) is 7.42. The second-order valence-electron chi connectivity index (χ2n) is 4.49. The van der Waals surface area contributed by atoms with Crippen LogP contribution in [0.25, 0.3) is 0 Å². The van der Waals surface area contributed by atoms with Gasteiger partial charge in [0.1, 0.15) is 6.61 Å². The van der Waals surface area contributed by atoms with Gasteiger partial charge in [-0.05, 0) is 18.6 Å². The van der Waals surface area contributed by atoms with Gasteiger partial charge in [0.15, 0.2) is 5.75 Å². The minimum Gasteiger partial charge on any atom is -0.488 e. The van der Waals surface area contributed by atoms with Crippen molar-refractivity contribution in [2.24, 2.45) is 5.73 Å². The van der Waals surface area contributed by atoms with Gasteiger partial charge in [-0.15, -0.1) is 12.4 Å². The monoisotopic (exact) mass is 370 g/mol. The Hall–Kier alpha value is -0.720. The number of rotatable bonds is 8. The average Bonchev–Trinajstić information content (AvgIpc) is 2.42. The van der Waals surface area contributed by atoms with E-state index >= 15 is 0 Å². The van der Waals surface area contributed by atoms with Crippen molar-refractivity contribution in [3.05, 3.63) is 22.2 Å². The van der Waals surface area contributed by atoms with E-state index in [9.17, 15) is 4.79 Å². The number of benzene rings is 1. The Bertz CT molecular complexity index is 463. The molecule has 1 atom stereocenters. The molecule has 1 unspecified atom stereocenters. The molecule has 0 fully saturated rings. The van der Waals surface area contributed by atoms with Crippen molar-refractivity contribution < 1.29 is 14.3 Å². The van der Waals surface area contributed by atoms with Gasteiger partial charge < -0.3 is 20.5 Å². The van der Waals surface area contributed by atoms with Gasteiger partial charge in [-0.25, -0.2) is 0 Å². The van der Waals surface area contributed by atoms with E-state index in [1.54, 1.807) is 19.2 Å². The molecule has 3 N–H and O–H groups in total. The molecule has 1 rings (SSSR count). The topological polar surface area (TPSA) is 73.6 Å². The lowest BCUT2D eigenvalue weighted by molar-refractivity contribution is -0.117. The first kappa shape index (κ1) is 21.3. The van der Waals surface area contributed by atoms with Crippen LogP contribution in [0.1, 0.15) is 19.8 Å². The Morgan fingerprint density at radius 3 is 2.41 bits per heavy atom. The summed E-state index contributed by atoms with van der Waals surface area (Å²) in [5.41, 5.74) is 6.23. The largest absolute Gasteiger partial charge is 0.488 e. The third kappa shape index (κ3) is 6.58. The second kappa shape index (κ2) is 10.9. The molecule has 126 valence electrons. The lowest BCUT2D eigenvalue weighted by Crippen LogP contribution is -2.35. The van der Waals surface area contributed by atoms with E-state index in [0.717, 1.165) is 6.42 Å². The molecule has 0 heterocycles. The molecule has 0 saturated carbocycles. The molecule has 0 saturated heterocycles. The molecule has 0 bridgehead atoms. The van der Waals surface area contributed by atoms with Gasteiger partial charge in [0, 0.05) is 12.8 Å². The number of carbonyl (C=O) groups excluding carboxylic acids is 1. The fraction of sp³-hybridized carbons (Fsp3) is 0.500. The fourth-order valence-electron chi connectivity index (χ4n) is 1.67. The molecule has 1 aromatic rings. The van der Waals surface area contributed by atoms with Crippen LogP contribution in [0.4, 0.5) is 5.69 Å². The number of hydrogen-bond acceptors (Lipinski definition) is 4. The number of halogens is 3. The summed E-state index contributed by atoms with van der Waals surface area (Å²) in [5.74, 6) is 0.100. The highest BCUT2D eigenvalue weighted by atomic mass is 35.5. The molecule has 1 amide bonds. The van der Waals surface area contributed by atoms with Crippen molar-refractivity contribution in [2.45, 2.75) is 25.8 Å². The van der Waals surface area contributed by atoms with Crippen molar-refractivity contribution in [3.63, 3.8) is 0 Å². The number of carbonyl (C=O) groups is 1. The molecular weight excluding hydrogens is 351 g/mol. The van der Waals surface area contributed by atoms with Gasteiger partial charge >= 0.3 is 0 Å². The number of nitrogens with one attached hydrogen (secondary N) is 1. The van der Waals surface area contributed by atoms with Crippen LogP contribution < -0.4 is 15.8 Å². The van der Waals surface area contributed by atoms with Gasteiger partial charge in [-0.3, -0.25) is 4.79 Å². The third-order valence-corrected chi connectivity index (χ3v) is 3.30. The zero-order valence-electron chi connectivity index (χ0n) is 12.5. The molecule has 0 radical (unpaired) electrons. The van der Waals surface area contributed by atoms with E-state index < -0.39 is 6.04 Å². The number of amides is 1. The Kier molecular flexibility index (Phi) is 10.6. The maximum atomic E-state index is 11.9. The lowest BCUT2D eigenvalue weighted by atomic mass is 10.1. The summed E-state index contributed by atoms with van der Waals surface area (Å²) in [4.78, 5) is 11.9. The molecule has 22 heavy (non-hydrogen) atoms. The molecule has 8 heteroatoms. The van der Waals surface area contributed by atoms with E-state index in [1.807, 2.05) is 6.92 Å². The van der Waals surface area contributed by atoms with E-state index in [4.69, 9.17) is 38.4 Å². The molecular formula is C14H21Cl3N2O3. The third-order valence-electron chi connectivity index (χ3n) is 2.74. The van der Waals surface area contributed by atoms with Crippen molar-refractivity contribution in [1.82, 2.24) is 0 Å². The maximum absolute atomic E-state index is 11.9. The molecule has 0 aliphatic carbocycles. The normalized spacial score (nSPS) is 11.5. The summed E-state index contributed by atoms with van der Waals surface area (Å²) in [7, 11) is 1.57. The second-order valence-corrected chi connectivity index (χ2v) is 5.31.